The molecule has 2 N–H and O–H groups in total. The van der Waals surface area contributed by atoms with Crippen LogP contribution in [0.3, 0.4) is 0 Å². The number of nitrogen functional groups attached to an aromatic ring is 1. The van der Waals surface area contributed by atoms with Gasteiger partial charge in [0.25, 0.3) is 0 Å². The molecule has 0 atom stereocenters. The lowest BCUT2D eigenvalue weighted by Gasteiger charge is -2.10. The Hall–Kier alpha value is -2.10. The fourth-order valence-electron chi connectivity index (χ4n) is 1.37. The van der Waals surface area contributed by atoms with Gasteiger partial charge in [0, 0.05) is 18.0 Å². The van der Waals surface area contributed by atoms with E-state index in [1.165, 1.54) is 6.33 Å². The second kappa shape index (κ2) is 4.18. The van der Waals surface area contributed by atoms with Gasteiger partial charge in [-0.3, -0.25) is 0 Å². The van der Waals surface area contributed by atoms with E-state index < -0.39 is 0 Å². The number of nitrogens with two attached hydrogens (primary N) is 1. The molecule has 0 aliphatic carbocycles. The van der Waals surface area contributed by atoms with Crippen molar-refractivity contribution in [3.05, 3.63) is 41.9 Å². The largest absolute Gasteiger partial charge is 0.439 e. The minimum Gasteiger partial charge on any atom is -0.439 e. The van der Waals surface area contributed by atoms with Gasteiger partial charge in [-0.1, -0.05) is 0 Å². The van der Waals surface area contributed by atoms with Crippen molar-refractivity contribution < 1.29 is 4.74 Å². The van der Waals surface area contributed by atoms with E-state index >= 15 is 0 Å². The number of aryl methyl sites for hydroxylation is 2. The van der Waals surface area contributed by atoms with Crippen molar-refractivity contribution in [2.24, 2.45) is 0 Å². The first-order chi connectivity index (χ1) is 7.66. The third-order valence-corrected chi connectivity index (χ3v) is 2.33. The van der Waals surface area contributed by atoms with E-state index in [1.807, 2.05) is 26.0 Å². The molecule has 0 unspecified atom stereocenters. The molecule has 0 fully saturated rings. The van der Waals surface area contributed by atoms with Crippen molar-refractivity contribution in [1.82, 2.24) is 9.97 Å². The normalized spacial score (nSPS) is 10.1. The topological polar surface area (TPSA) is 61.0 Å². The van der Waals surface area contributed by atoms with Crippen LogP contribution < -0.4 is 10.5 Å². The maximum Gasteiger partial charge on any atom is 0.222 e. The van der Waals surface area contributed by atoms with Gasteiger partial charge >= 0.3 is 0 Å². The summed E-state index contributed by atoms with van der Waals surface area (Å²) in [6.45, 7) is 3.90. The second-order valence-electron chi connectivity index (χ2n) is 3.62. The van der Waals surface area contributed by atoms with Crippen molar-refractivity contribution in [3.63, 3.8) is 0 Å². The molecule has 0 saturated heterocycles. The van der Waals surface area contributed by atoms with E-state index in [1.54, 1.807) is 12.3 Å². The molecule has 0 amide bonds. The van der Waals surface area contributed by atoms with Crippen molar-refractivity contribution >= 4 is 5.69 Å². The Labute approximate surface area is 94.1 Å². The van der Waals surface area contributed by atoms with Crippen molar-refractivity contribution in [1.29, 1.82) is 0 Å². The fraction of sp³-hybridized carbons (Fsp3) is 0.167. The summed E-state index contributed by atoms with van der Waals surface area (Å²) in [5.41, 5.74) is 8.56. The molecular weight excluding hydrogens is 202 g/mol. The average molecular weight is 215 g/mol. The molecule has 0 radical (unpaired) electrons. The smallest absolute Gasteiger partial charge is 0.222 e. The number of nitrogens with zero attached hydrogens (tertiary/aromatic N) is 2. The van der Waals surface area contributed by atoms with Crippen molar-refractivity contribution in [3.8, 4) is 11.6 Å². The summed E-state index contributed by atoms with van der Waals surface area (Å²) < 4.78 is 5.64. The zero-order valence-corrected chi connectivity index (χ0v) is 9.27. The molecular formula is C12H13N3O. The van der Waals surface area contributed by atoms with E-state index in [9.17, 15) is 0 Å². The molecule has 0 saturated carbocycles. The molecule has 0 aliphatic rings. The molecule has 2 rings (SSSR count). The molecule has 1 heterocycles. The zero-order valence-electron chi connectivity index (χ0n) is 9.27. The number of rotatable bonds is 2. The van der Waals surface area contributed by atoms with Gasteiger partial charge in [-0.2, -0.15) is 0 Å². The van der Waals surface area contributed by atoms with Crippen LogP contribution in [0.4, 0.5) is 5.69 Å². The summed E-state index contributed by atoms with van der Waals surface area (Å²) in [5.74, 6) is 1.30. The highest BCUT2D eigenvalue weighted by atomic mass is 16.5. The second-order valence-corrected chi connectivity index (χ2v) is 3.62. The Balaban J connectivity index is 2.32. The van der Waals surface area contributed by atoms with Crippen LogP contribution in [0, 0.1) is 13.8 Å². The van der Waals surface area contributed by atoms with Gasteiger partial charge in [0.05, 0.1) is 0 Å². The maximum atomic E-state index is 5.80. The minimum absolute atomic E-state index is 0.530. The lowest BCUT2D eigenvalue weighted by atomic mass is 10.1. The lowest BCUT2D eigenvalue weighted by molar-refractivity contribution is 0.458. The number of benzene rings is 1. The predicted octanol–water partition coefficient (Wildman–Crippen LogP) is 2.47. The number of hydrogen-bond donors (Lipinski definition) is 1. The first-order valence-corrected chi connectivity index (χ1v) is 4.97. The molecule has 1 aromatic heterocycles. The standard InChI is InChI=1S/C12H13N3O/c1-8-6-11(9(2)5-10(8)13)16-12-3-4-14-7-15-12/h3-7H,13H2,1-2H3. The van der Waals surface area contributed by atoms with Crippen LogP contribution in [0.5, 0.6) is 11.6 Å². The Morgan fingerprint density at radius 1 is 1.19 bits per heavy atom. The Kier molecular flexibility index (Phi) is 2.72. The average Bonchev–Trinajstić information content (AvgIpc) is 2.27. The third-order valence-electron chi connectivity index (χ3n) is 2.33. The molecule has 0 spiro atoms. The summed E-state index contributed by atoms with van der Waals surface area (Å²) in [6.07, 6.45) is 3.09. The first kappa shape index (κ1) is 10.4. The van der Waals surface area contributed by atoms with Crippen molar-refractivity contribution in [2.75, 3.05) is 5.73 Å². The number of ether oxygens (including phenoxy) is 1. The van der Waals surface area contributed by atoms with Gasteiger partial charge in [0.2, 0.25) is 5.88 Å². The lowest BCUT2D eigenvalue weighted by Crippen LogP contribution is -1.95. The summed E-state index contributed by atoms with van der Waals surface area (Å²) in [5, 5.41) is 0. The highest BCUT2D eigenvalue weighted by Crippen LogP contribution is 2.27. The van der Waals surface area contributed by atoms with Crippen LogP contribution in [-0.2, 0) is 0 Å². The van der Waals surface area contributed by atoms with Crippen LogP contribution >= 0.6 is 0 Å². The summed E-state index contributed by atoms with van der Waals surface area (Å²) in [7, 11) is 0. The highest BCUT2D eigenvalue weighted by Gasteiger charge is 2.05. The van der Waals surface area contributed by atoms with E-state index in [-0.39, 0.29) is 0 Å². The van der Waals surface area contributed by atoms with Gasteiger partial charge in [0.15, 0.2) is 0 Å². The Morgan fingerprint density at radius 2 is 2.00 bits per heavy atom. The molecule has 82 valence electrons. The van der Waals surface area contributed by atoms with Crippen LogP contribution in [-0.4, -0.2) is 9.97 Å². The number of aromatic nitrogens is 2. The quantitative estimate of drug-likeness (QED) is 0.782. The van der Waals surface area contributed by atoms with Gasteiger partial charge in [-0.05, 0) is 37.1 Å². The van der Waals surface area contributed by atoms with Crippen LogP contribution in [0.15, 0.2) is 30.7 Å². The molecule has 2 aromatic rings. The van der Waals surface area contributed by atoms with E-state index in [0.717, 1.165) is 22.6 Å². The number of hydrogen-bond acceptors (Lipinski definition) is 4. The molecule has 1 aromatic carbocycles. The van der Waals surface area contributed by atoms with Gasteiger partial charge in [-0.25, -0.2) is 9.97 Å². The first-order valence-electron chi connectivity index (χ1n) is 4.97. The fourth-order valence-corrected chi connectivity index (χ4v) is 1.37. The predicted molar refractivity (Wildman–Crippen MR) is 62.4 cm³/mol. The van der Waals surface area contributed by atoms with E-state index in [4.69, 9.17) is 10.5 Å². The van der Waals surface area contributed by atoms with Crippen molar-refractivity contribution in [2.45, 2.75) is 13.8 Å². The molecule has 4 nitrogen and oxygen atoms in total. The highest BCUT2D eigenvalue weighted by molar-refractivity contribution is 5.54. The van der Waals surface area contributed by atoms with Gasteiger partial charge < -0.3 is 10.5 Å². The van der Waals surface area contributed by atoms with Crippen LogP contribution in [0.25, 0.3) is 0 Å². The van der Waals surface area contributed by atoms with Crippen LogP contribution in [0.1, 0.15) is 11.1 Å². The summed E-state index contributed by atoms with van der Waals surface area (Å²) in [4.78, 5) is 7.83. The summed E-state index contributed by atoms with van der Waals surface area (Å²) in [6, 6.07) is 5.52. The molecule has 0 bridgehead atoms. The van der Waals surface area contributed by atoms with Crippen LogP contribution in [0.2, 0.25) is 0 Å². The summed E-state index contributed by atoms with van der Waals surface area (Å²) >= 11 is 0. The molecule has 4 heteroatoms. The molecule has 0 aliphatic heterocycles. The Bertz CT molecular complexity index is 497. The molecule has 16 heavy (non-hydrogen) atoms. The van der Waals surface area contributed by atoms with E-state index in [2.05, 4.69) is 9.97 Å². The number of anilines is 1. The minimum atomic E-state index is 0.530. The third kappa shape index (κ3) is 2.11. The van der Waals surface area contributed by atoms with Gasteiger partial charge in [-0.15, -0.1) is 0 Å². The zero-order chi connectivity index (χ0) is 11.5. The van der Waals surface area contributed by atoms with E-state index in [0.29, 0.717) is 5.88 Å². The maximum absolute atomic E-state index is 5.80. The van der Waals surface area contributed by atoms with Gasteiger partial charge in [0.1, 0.15) is 12.1 Å². The monoisotopic (exact) mass is 215 g/mol. The SMILES string of the molecule is Cc1cc(Oc2ccncn2)c(C)cc1N. The Morgan fingerprint density at radius 3 is 2.69 bits per heavy atom.